The second kappa shape index (κ2) is 17.4. The van der Waals surface area contributed by atoms with Crippen molar-refractivity contribution in [2.45, 2.75) is 82.1 Å². The number of likely N-dealkylation sites (tertiary alicyclic amines) is 2. The van der Waals surface area contributed by atoms with Crippen LogP contribution in [0.15, 0.2) is 47.5 Å². The lowest BCUT2D eigenvalue weighted by Crippen LogP contribution is -2.57. The summed E-state index contributed by atoms with van der Waals surface area (Å²) in [4.78, 5) is 68.3. The zero-order valence-electron chi connectivity index (χ0n) is 33.5. The molecule has 2 aromatic heterocycles. The molecule has 18 heteroatoms. The van der Waals surface area contributed by atoms with E-state index in [-0.39, 0.29) is 30.1 Å². The lowest BCUT2D eigenvalue weighted by molar-refractivity contribution is -0.138. The zero-order chi connectivity index (χ0) is 41.1. The maximum absolute atomic E-state index is 13.7. The van der Waals surface area contributed by atoms with E-state index >= 15 is 0 Å². The van der Waals surface area contributed by atoms with Gasteiger partial charge in [-0.1, -0.05) is 18.2 Å². The average molecular weight is 799 g/mol. The molecule has 0 radical (unpaired) electrons. The molecule has 0 bridgehead atoms. The molecule has 2 aromatic carbocycles. The molecule has 7 rings (SSSR count). The third-order valence-electron chi connectivity index (χ3n) is 11.4. The number of benzene rings is 2. The van der Waals surface area contributed by atoms with E-state index < -0.39 is 36.5 Å². The molecule has 2 saturated heterocycles. The van der Waals surface area contributed by atoms with Gasteiger partial charge in [-0.3, -0.25) is 19.9 Å². The Morgan fingerprint density at radius 2 is 1.43 bits per heavy atom. The molecular weight excluding hydrogens is 749 g/mol. The first-order chi connectivity index (χ1) is 28.0. The van der Waals surface area contributed by atoms with Gasteiger partial charge in [0.05, 0.1) is 66.5 Å². The van der Waals surface area contributed by atoms with Crippen molar-refractivity contribution in [1.82, 2.24) is 45.9 Å². The number of aromatic amines is 1. The summed E-state index contributed by atoms with van der Waals surface area (Å²) in [6, 6.07) is 11.5. The van der Waals surface area contributed by atoms with Crippen LogP contribution in [-0.4, -0.2) is 144 Å². The van der Waals surface area contributed by atoms with Gasteiger partial charge in [-0.25, -0.2) is 14.6 Å². The summed E-state index contributed by atoms with van der Waals surface area (Å²) in [5.74, 6) is 0.164. The molecule has 4 aromatic rings. The van der Waals surface area contributed by atoms with E-state index in [9.17, 15) is 19.2 Å². The average Bonchev–Trinajstić information content (AvgIpc) is 4.09. The van der Waals surface area contributed by atoms with Gasteiger partial charge in [0, 0.05) is 44.8 Å². The standard InChI is InChI=1S/C40H50N10O8/c1-21(55-3)33(45-39(53)57-5)37(51)49-15-7-9-31(49)35-41-20-30(44-35)25-12-11-23-17-27(47-48-28(23)18-25)24-13-14-26-29(19-24)43-36(42-26)32-10-8-16-50(32)38(52)34(22(2)56-4)46-40(54)58-6/h11-14,17-19,21-22,31-35,41H,7-10,15-16,20H2,1-6H3,(H,42,43)(H,45,53)(H,46,54). The van der Waals surface area contributed by atoms with E-state index in [1.807, 2.05) is 42.5 Å². The van der Waals surface area contributed by atoms with Crippen LogP contribution in [0, 0.1) is 0 Å². The summed E-state index contributed by atoms with van der Waals surface area (Å²) in [7, 11) is 5.50. The predicted molar refractivity (Wildman–Crippen MR) is 213 cm³/mol. The van der Waals surface area contributed by atoms with Gasteiger partial charge < -0.3 is 44.4 Å². The summed E-state index contributed by atoms with van der Waals surface area (Å²) < 4.78 is 20.3. The smallest absolute Gasteiger partial charge is 0.407 e. The summed E-state index contributed by atoms with van der Waals surface area (Å²) >= 11 is 0. The second-order valence-electron chi connectivity index (χ2n) is 14.8. The fourth-order valence-corrected chi connectivity index (χ4v) is 8.03. The van der Waals surface area contributed by atoms with Crippen molar-refractivity contribution < 1.29 is 38.1 Å². The van der Waals surface area contributed by atoms with E-state index in [2.05, 4.69) is 31.1 Å². The first-order valence-corrected chi connectivity index (χ1v) is 19.5. The molecule has 0 saturated carbocycles. The highest BCUT2D eigenvalue weighted by molar-refractivity contribution is 6.05. The van der Waals surface area contributed by atoms with E-state index in [1.54, 1.807) is 23.6 Å². The molecule has 58 heavy (non-hydrogen) atoms. The summed E-state index contributed by atoms with van der Waals surface area (Å²) in [6.45, 7) is 5.06. The van der Waals surface area contributed by atoms with Crippen LogP contribution in [0.2, 0.25) is 0 Å². The first kappa shape index (κ1) is 40.5. The number of alkyl carbamates (subject to hydrolysis) is 2. The lowest BCUT2D eigenvalue weighted by atomic mass is 10.1. The molecular formula is C40H50N10O8. The molecule has 5 heterocycles. The number of hydrogen-bond acceptors (Lipinski definition) is 13. The van der Waals surface area contributed by atoms with Crippen molar-refractivity contribution >= 4 is 51.6 Å². The summed E-state index contributed by atoms with van der Waals surface area (Å²) in [5, 5.41) is 18.8. The Labute approximate surface area is 335 Å². The summed E-state index contributed by atoms with van der Waals surface area (Å²) in [6.07, 6.45) is 0.262. The van der Waals surface area contributed by atoms with Crippen LogP contribution >= 0.6 is 0 Å². The van der Waals surface area contributed by atoms with E-state index in [0.717, 1.165) is 58.9 Å². The number of carbonyl (C=O) groups is 4. The Bertz CT molecular complexity index is 2210. The number of nitrogens with zero attached hydrogens (tertiary/aromatic N) is 6. The number of rotatable bonds is 12. The largest absolute Gasteiger partial charge is 0.453 e. The molecule has 18 nitrogen and oxygen atoms in total. The topological polar surface area (TPSA) is 215 Å². The maximum atomic E-state index is 13.7. The number of hydrogen-bond donors (Lipinski definition) is 4. The van der Waals surface area contributed by atoms with Gasteiger partial charge in [-0.15, -0.1) is 10.2 Å². The first-order valence-electron chi connectivity index (χ1n) is 19.5. The van der Waals surface area contributed by atoms with Gasteiger partial charge in [-0.05, 0) is 69.4 Å². The Morgan fingerprint density at radius 3 is 2.12 bits per heavy atom. The number of amides is 4. The minimum atomic E-state index is -0.917. The van der Waals surface area contributed by atoms with Crippen LogP contribution in [0.25, 0.3) is 33.2 Å². The monoisotopic (exact) mass is 798 g/mol. The SMILES string of the molecule is COC(=O)NC(C(=O)N1CCCC1c1nc2ccc(-c3cc4ccc(C5=NC(C6CCCN6C(=O)C(NC(=O)OC)C(C)OC)NC5)cc4nn3)cc2[nH]1)C(C)OC. The zero-order valence-corrected chi connectivity index (χ0v) is 33.5. The molecule has 308 valence electrons. The highest BCUT2D eigenvalue weighted by atomic mass is 16.5. The van der Waals surface area contributed by atoms with Crippen LogP contribution < -0.4 is 16.0 Å². The number of aliphatic imine (C=N–C) groups is 1. The quantitative estimate of drug-likeness (QED) is 0.163. The van der Waals surface area contributed by atoms with E-state index in [4.69, 9.17) is 28.9 Å². The van der Waals surface area contributed by atoms with Crippen molar-refractivity contribution in [3.63, 3.8) is 0 Å². The normalized spacial score (nSPS) is 21.4. The summed E-state index contributed by atoms with van der Waals surface area (Å²) in [5.41, 5.74) is 5.58. The molecule has 7 atom stereocenters. The van der Waals surface area contributed by atoms with E-state index in [1.165, 1.54) is 28.4 Å². The molecule has 0 aliphatic carbocycles. The van der Waals surface area contributed by atoms with Crippen molar-refractivity contribution in [3.05, 3.63) is 53.9 Å². The lowest BCUT2D eigenvalue weighted by Gasteiger charge is -2.33. The highest BCUT2D eigenvalue weighted by Crippen LogP contribution is 2.34. The van der Waals surface area contributed by atoms with Crippen LogP contribution in [0.1, 0.15) is 57.0 Å². The fourth-order valence-electron chi connectivity index (χ4n) is 8.03. The van der Waals surface area contributed by atoms with E-state index in [0.29, 0.717) is 36.7 Å². The molecule has 4 N–H and O–H groups in total. The molecule has 3 aliphatic heterocycles. The van der Waals surface area contributed by atoms with Gasteiger partial charge >= 0.3 is 12.2 Å². The minimum absolute atomic E-state index is 0.186. The van der Waals surface area contributed by atoms with Gasteiger partial charge in [0.25, 0.3) is 0 Å². The van der Waals surface area contributed by atoms with Crippen molar-refractivity contribution in [3.8, 4) is 11.3 Å². The molecule has 2 fully saturated rings. The fraction of sp³-hybridized carbons (Fsp3) is 0.500. The number of nitrogens with one attached hydrogen (secondary N) is 4. The van der Waals surface area contributed by atoms with Crippen LogP contribution in [-0.2, 0) is 28.5 Å². The number of carbonyl (C=O) groups excluding carboxylic acids is 4. The number of methoxy groups -OCH3 is 4. The van der Waals surface area contributed by atoms with Crippen LogP contribution in [0.4, 0.5) is 9.59 Å². The van der Waals surface area contributed by atoms with Crippen molar-refractivity contribution in [2.75, 3.05) is 48.1 Å². The van der Waals surface area contributed by atoms with Crippen LogP contribution in [0.5, 0.6) is 0 Å². The molecule has 0 spiro atoms. The molecule has 7 unspecified atom stereocenters. The van der Waals surface area contributed by atoms with Gasteiger partial charge in [0.15, 0.2) is 0 Å². The Morgan fingerprint density at radius 1 is 0.776 bits per heavy atom. The van der Waals surface area contributed by atoms with Gasteiger partial charge in [0.2, 0.25) is 11.8 Å². The number of aromatic nitrogens is 4. The number of fused-ring (bicyclic) bond motifs is 2. The van der Waals surface area contributed by atoms with Crippen molar-refractivity contribution in [1.29, 1.82) is 0 Å². The highest BCUT2D eigenvalue weighted by Gasteiger charge is 2.42. The minimum Gasteiger partial charge on any atom is -0.453 e. The van der Waals surface area contributed by atoms with Crippen molar-refractivity contribution in [2.24, 2.45) is 4.99 Å². The second-order valence-corrected chi connectivity index (χ2v) is 14.8. The predicted octanol–water partition coefficient (Wildman–Crippen LogP) is 3.07. The van der Waals surface area contributed by atoms with Gasteiger partial charge in [0.1, 0.15) is 24.1 Å². The van der Waals surface area contributed by atoms with Gasteiger partial charge in [-0.2, -0.15) is 0 Å². The third kappa shape index (κ3) is 8.17. The third-order valence-corrected chi connectivity index (χ3v) is 11.4. The number of H-pyrrole nitrogens is 1. The Hall–Kier alpha value is -5.72. The Kier molecular flexibility index (Phi) is 12.2. The molecule has 3 aliphatic rings. The molecule has 4 amide bonds. The number of ether oxygens (including phenoxy) is 4. The number of imidazole rings is 1. The Balaban J connectivity index is 1.06. The maximum Gasteiger partial charge on any atom is 0.407 e. The van der Waals surface area contributed by atoms with Crippen LogP contribution in [0.3, 0.4) is 0 Å².